The van der Waals surface area contributed by atoms with Crippen molar-refractivity contribution in [1.29, 1.82) is 0 Å². The maximum atomic E-state index is 11.7. The summed E-state index contributed by atoms with van der Waals surface area (Å²) < 4.78 is 1.37. The molecule has 0 amide bonds. The lowest BCUT2D eigenvalue weighted by atomic mass is 10.3. The Balaban J connectivity index is 2.51. The minimum Gasteiger partial charge on any atom is -0.382 e. The molecule has 0 saturated carbocycles. The van der Waals surface area contributed by atoms with Gasteiger partial charge < -0.3 is 10.6 Å². The fraction of sp³-hybridized carbons (Fsp3) is 0.231. The summed E-state index contributed by atoms with van der Waals surface area (Å²) >= 11 is 5.81. The van der Waals surface area contributed by atoms with Crippen molar-refractivity contribution in [2.45, 2.75) is 0 Å². The summed E-state index contributed by atoms with van der Waals surface area (Å²) in [5, 5.41) is 8.84. The van der Waals surface area contributed by atoms with Crippen molar-refractivity contribution in [3.63, 3.8) is 0 Å². The van der Waals surface area contributed by atoms with Gasteiger partial charge in [0.1, 0.15) is 5.82 Å². The van der Waals surface area contributed by atoms with Gasteiger partial charge in [-0.25, -0.2) is 4.79 Å². The van der Waals surface area contributed by atoms with E-state index in [9.17, 15) is 4.79 Å². The van der Waals surface area contributed by atoms with E-state index in [1.165, 1.54) is 4.57 Å². The number of hydrogen-bond donors (Lipinski definition) is 1. The average molecular weight is 307 g/mol. The van der Waals surface area contributed by atoms with Gasteiger partial charge in [0.2, 0.25) is 0 Å². The van der Waals surface area contributed by atoms with Gasteiger partial charge in [0, 0.05) is 26.2 Å². The van der Waals surface area contributed by atoms with E-state index in [0.29, 0.717) is 22.2 Å². The lowest BCUT2D eigenvalue weighted by molar-refractivity contribution is 0.792. The number of aromatic nitrogens is 2. The highest BCUT2D eigenvalue weighted by Gasteiger charge is 2.15. The number of nitrogen functional groups attached to an aromatic ring is 1. The van der Waals surface area contributed by atoms with E-state index in [4.69, 9.17) is 17.3 Å². The first kappa shape index (κ1) is 15.0. The van der Waals surface area contributed by atoms with Crippen molar-refractivity contribution in [2.24, 2.45) is 17.3 Å². The minimum atomic E-state index is -0.443. The first-order valence-corrected chi connectivity index (χ1v) is 6.49. The highest BCUT2D eigenvalue weighted by molar-refractivity contribution is 6.30. The Labute approximate surface area is 126 Å². The Bertz CT molecular complexity index is 736. The van der Waals surface area contributed by atoms with E-state index in [2.05, 4.69) is 15.2 Å². The predicted molar refractivity (Wildman–Crippen MR) is 83.8 cm³/mol. The van der Waals surface area contributed by atoms with Crippen molar-refractivity contribution in [3.8, 4) is 0 Å². The molecule has 21 heavy (non-hydrogen) atoms. The van der Waals surface area contributed by atoms with Crippen molar-refractivity contribution in [1.82, 2.24) is 9.55 Å². The van der Waals surface area contributed by atoms with Crippen LogP contribution in [0, 0.1) is 0 Å². The zero-order valence-corrected chi connectivity index (χ0v) is 12.7. The second-order valence-electron chi connectivity index (χ2n) is 4.58. The molecule has 2 rings (SSSR count). The molecule has 0 aliphatic heterocycles. The summed E-state index contributed by atoms with van der Waals surface area (Å²) in [6.45, 7) is 0. The van der Waals surface area contributed by atoms with E-state index in [1.54, 1.807) is 50.3 Å². The van der Waals surface area contributed by atoms with Crippen LogP contribution < -0.4 is 16.3 Å². The Hall–Kier alpha value is -2.41. The fourth-order valence-corrected chi connectivity index (χ4v) is 1.94. The van der Waals surface area contributed by atoms with Crippen LogP contribution in [-0.2, 0) is 7.05 Å². The molecule has 1 aromatic heterocycles. The zero-order valence-electron chi connectivity index (χ0n) is 11.9. The lowest BCUT2D eigenvalue weighted by Crippen LogP contribution is -2.27. The SMILES string of the molecule is CN(C)c1c(N=Nc2ccc(Cl)cc2)c(N)nc(=O)n1C. The quantitative estimate of drug-likeness (QED) is 0.882. The van der Waals surface area contributed by atoms with Gasteiger partial charge in [0.25, 0.3) is 0 Å². The van der Waals surface area contributed by atoms with E-state index in [-0.39, 0.29) is 5.82 Å². The number of nitrogens with zero attached hydrogens (tertiary/aromatic N) is 5. The highest BCUT2D eigenvalue weighted by Crippen LogP contribution is 2.31. The number of nitrogens with two attached hydrogens (primary N) is 1. The molecule has 0 atom stereocenters. The number of benzene rings is 1. The van der Waals surface area contributed by atoms with Gasteiger partial charge in [-0.2, -0.15) is 10.1 Å². The number of hydrogen-bond acceptors (Lipinski definition) is 6. The van der Waals surface area contributed by atoms with Gasteiger partial charge in [0.05, 0.1) is 5.69 Å². The third-order valence-corrected chi connectivity index (χ3v) is 3.04. The summed E-state index contributed by atoms with van der Waals surface area (Å²) in [5.74, 6) is 0.574. The molecule has 0 aliphatic rings. The molecule has 0 spiro atoms. The highest BCUT2D eigenvalue weighted by atomic mass is 35.5. The second-order valence-corrected chi connectivity index (χ2v) is 5.02. The van der Waals surface area contributed by atoms with Gasteiger partial charge in [-0.15, -0.1) is 5.11 Å². The van der Waals surface area contributed by atoms with E-state index in [0.717, 1.165) is 0 Å². The number of halogens is 1. The number of rotatable bonds is 3. The predicted octanol–water partition coefficient (Wildman–Crippen LogP) is 2.50. The molecule has 0 radical (unpaired) electrons. The lowest BCUT2D eigenvalue weighted by Gasteiger charge is -2.18. The molecule has 0 saturated heterocycles. The van der Waals surface area contributed by atoms with Crippen LogP contribution in [0.3, 0.4) is 0 Å². The first-order chi connectivity index (χ1) is 9.90. The van der Waals surface area contributed by atoms with Crippen LogP contribution in [0.25, 0.3) is 0 Å². The average Bonchev–Trinajstić information content (AvgIpc) is 2.42. The third-order valence-electron chi connectivity index (χ3n) is 2.79. The van der Waals surface area contributed by atoms with Gasteiger partial charge >= 0.3 is 5.69 Å². The molecule has 1 aromatic carbocycles. The monoisotopic (exact) mass is 306 g/mol. The topological polar surface area (TPSA) is 88.9 Å². The molecule has 1 heterocycles. The van der Waals surface area contributed by atoms with Crippen LogP contribution >= 0.6 is 11.6 Å². The normalized spacial score (nSPS) is 11.0. The van der Waals surface area contributed by atoms with Crippen molar-refractivity contribution >= 4 is 34.6 Å². The Kier molecular flexibility index (Phi) is 4.23. The Morgan fingerprint density at radius 1 is 1.24 bits per heavy atom. The van der Waals surface area contributed by atoms with Crippen LogP contribution in [0.1, 0.15) is 0 Å². The summed E-state index contributed by atoms with van der Waals surface area (Å²) in [6.07, 6.45) is 0. The molecular weight excluding hydrogens is 292 g/mol. The third kappa shape index (κ3) is 3.19. The number of anilines is 2. The molecule has 0 bridgehead atoms. The van der Waals surface area contributed by atoms with E-state index in [1.807, 2.05) is 0 Å². The van der Waals surface area contributed by atoms with Crippen LogP contribution in [-0.4, -0.2) is 23.6 Å². The largest absolute Gasteiger partial charge is 0.382 e. The van der Waals surface area contributed by atoms with E-state index >= 15 is 0 Å². The Morgan fingerprint density at radius 3 is 2.43 bits per heavy atom. The molecule has 8 heteroatoms. The molecule has 7 nitrogen and oxygen atoms in total. The molecule has 110 valence electrons. The maximum Gasteiger partial charge on any atom is 0.350 e. The molecular formula is C13H15ClN6O. The minimum absolute atomic E-state index is 0.0412. The van der Waals surface area contributed by atoms with Crippen LogP contribution in [0.15, 0.2) is 39.3 Å². The van der Waals surface area contributed by atoms with Gasteiger partial charge in [-0.3, -0.25) is 4.57 Å². The van der Waals surface area contributed by atoms with Crippen molar-refractivity contribution in [3.05, 3.63) is 39.8 Å². The van der Waals surface area contributed by atoms with Crippen LogP contribution in [0.5, 0.6) is 0 Å². The summed E-state index contributed by atoms with van der Waals surface area (Å²) in [6, 6.07) is 6.88. The summed E-state index contributed by atoms with van der Waals surface area (Å²) in [5.41, 5.74) is 6.32. The molecule has 0 unspecified atom stereocenters. The van der Waals surface area contributed by atoms with Crippen LogP contribution in [0.2, 0.25) is 5.02 Å². The Morgan fingerprint density at radius 2 is 1.86 bits per heavy atom. The first-order valence-electron chi connectivity index (χ1n) is 6.11. The van der Waals surface area contributed by atoms with Gasteiger partial charge in [-0.1, -0.05) is 11.6 Å². The number of azo groups is 1. The smallest absolute Gasteiger partial charge is 0.350 e. The van der Waals surface area contributed by atoms with Crippen LogP contribution in [0.4, 0.5) is 23.0 Å². The van der Waals surface area contributed by atoms with Gasteiger partial charge in [0.15, 0.2) is 11.5 Å². The van der Waals surface area contributed by atoms with Crippen molar-refractivity contribution in [2.75, 3.05) is 24.7 Å². The molecule has 0 fully saturated rings. The fourth-order valence-electron chi connectivity index (χ4n) is 1.82. The van der Waals surface area contributed by atoms with Gasteiger partial charge in [-0.05, 0) is 24.3 Å². The maximum absolute atomic E-state index is 11.7. The second kappa shape index (κ2) is 5.92. The molecule has 2 aromatic rings. The summed E-state index contributed by atoms with van der Waals surface area (Å²) in [4.78, 5) is 17.1. The zero-order chi connectivity index (χ0) is 15.6. The van der Waals surface area contributed by atoms with Crippen molar-refractivity contribution < 1.29 is 0 Å². The molecule has 0 aliphatic carbocycles. The molecule has 2 N–H and O–H groups in total. The standard InChI is InChI=1S/C13H15ClN6O/c1-19(2)12-10(11(15)16-13(21)20(12)3)18-17-9-6-4-8(14)5-7-9/h4-7H,1-3H3,(H2,15,16,21). The van der Waals surface area contributed by atoms with E-state index < -0.39 is 5.69 Å². The summed E-state index contributed by atoms with van der Waals surface area (Å²) in [7, 11) is 5.18.